The van der Waals surface area contributed by atoms with Gasteiger partial charge >= 0.3 is 0 Å². The molecule has 1 saturated heterocycles. The number of benzene rings is 2. The van der Waals surface area contributed by atoms with Gasteiger partial charge in [0.25, 0.3) is 5.91 Å². The molecule has 1 amide bonds. The predicted molar refractivity (Wildman–Crippen MR) is 129 cm³/mol. The zero-order valence-electron chi connectivity index (χ0n) is 18.8. The number of hydrogen-bond donors (Lipinski definition) is 2. The Bertz CT molecular complexity index is 1220. The highest BCUT2D eigenvalue weighted by Gasteiger charge is 2.26. The van der Waals surface area contributed by atoms with Gasteiger partial charge in [0.2, 0.25) is 20.0 Å². The molecule has 1 heterocycles. The fourth-order valence-electron chi connectivity index (χ4n) is 3.97. The van der Waals surface area contributed by atoms with Gasteiger partial charge in [0.1, 0.15) is 0 Å². The van der Waals surface area contributed by atoms with Crippen LogP contribution in [0.15, 0.2) is 47.4 Å². The van der Waals surface area contributed by atoms with Crippen molar-refractivity contribution in [3.63, 3.8) is 0 Å². The molecule has 0 bridgehead atoms. The Labute approximate surface area is 195 Å². The molecule has 2 aromatic rings. The molecule has 180 valence electrons. The molecule has 0 atom stereocenters. The average molecular weight is 495 g/mol. The molecular weight excluding hydrogens is 464 g/mol. The molecule has 2 aromatic carbocycles. The molecular formula is C22H30N4O5S2. The van der Waals surface area contributed by atoms with Gasteiger partial charge in [0, 0.05) is 37.6 Å². The number of rotatable bonds is 9. The number of hydrogen-bond acceptors (Lipinski definition) is 6. The van der Waals surface area contributed by atoms with Gasteiger partial charge in [-0.05, 0) is 48.7 Å². The number of carbonyl (C=O) groups is 1. The zero-order valence-corrected chi connectivity index (χ0v) is 20.5. The number of carbonyl (C=O) groups excluding carboxylic acids is 1. The standard InChI is InChI=1S/C22H30N4O5S2/c1-3-26(4-2)33(30,31)19-10-11-21(25-12-5-6-13-25)20(15-19)22(27)24-18-9-7-8-17(14-18)16-32(23,28)29/h7-11,14-15H,3-6,12-13,16H2,1-2H3,(H,24,27)(H2,23,28,29). The summed E-state index contributed by atoms with van der Waals surface area (Å²) in [5.41, 5.74) is 1.75. The second kappa shape index (κ2) is 10.2. The third kappa shape index (κ3) is 6.11. The Morgan fingerprint density at radius 3 is 2.30 bits per heavy atom. The molecule has 9 nitrogen and oxygen atoms in total. The van der Waals surface area contributed by atoms with Crippen molar-refractivity contribution in [3.8, 4) is 0 Å². The van der Waals surface area contributed by atoms with Crippen molar-refractivity contribution in [1.29, 1.82) is 0 Å². The van der Waals surface area contributed by atoms with Crippen LogP contribution in [0, 0.1) is 0 Å². The van der Waals surface area contributed by atoms with Crippen LogP contribution in [-0.2, 0) is 25.8 Å². The van der Waals surface area contributed by atoms with E-state index in [4.69, 9.17) is 5.14 Å². The lowest BCUT2D eigenvalue weighted by Gasteiger charge is -2.23. The van der Waals surface area contributed by atoms with Gasteiger partial charge in [0.15, 0.2) is 0 Å². The maximum Gasteiger partial charge on any atom is 0.257 e. The fraction of sp³-hybridized carbons (Fsp3) is 0.409. The minimum atomic E-state index is -3.74. The van der Waals surface area contributed by atoms with Crippen LogP contribution in [-0.4, -0.2) is 53.2 Å². The van der Waals surface area contributed by atoms with Crippen molar-refractivity contribution in [2.75, 3.05) is 36.4 Å². The smallest absolute Gasteiger partial charge is 0.257 e. The molecule has 1 aliphatic rings. The van der Waals surface area contributed by atoms with Gasteiger partial charge in [-0.25, -0.2) is 22.0 Å². The van der Waals surface area contributed by atoms with E-state index >= 15 is 0 Å². The van der Waals surface area contributed by atoms with Crippen LogP contribution in [0.3, 0.4) is 0 Å². The van der Waals surface area contributed by atoms with E-state index in [9.17, 15) is 21.6 Å². The van der Waals surface area contributed by atoms with Gasteiger partial charge < -0.3 is 10.2 Å². The lowest BCUT2D eigenvalue weighted by Crippen LogP contribution is -2.31. The first kappa shape index (κ1) is 25.2. The number of anilines is 2. The molecule has 0 spiro atoms. The summed E-state index contributed by atoms with van der Waals surface area (Å²) in [5.74, 6) is -0.825. The Morgan fingerprint density at radius 2 is 1.70 bits per heavy atom. The number of nitrogens with zero attached hydrogens (tertiary/aromatic N) is 2. The lowest BCUT2D eigenvalue weighted by molar-refractivity contribution is 0.102. The van der Waals surface area contributed by atoms with Crippen molar-refractivity contribution >= 4 is 37.3 Å². The Hall–Kier alpha value is -2.47. The van der Waals surface area contributed by atoms with E-state index in [1.807, 2.05) is 0 Å². The monoisotopic (exact) mass is 494 g/mol. The maximum absolute atomic E-state index is 13.3. The van der Waals surface area contributed by atoms with Gasteiger partial charge in [-0.1, -0.05) is 26.0 Å². The Kier molecular flexibility index (Phi) is 7.78. The molecule has 11 heteroatoms. The van der Waals surface area contributed by atoms with Crippen LogP contribution in [0.4, 0.5) is 11.4 Å². The number of nitrogens with two attached hydrogens (primary N) is 1. The zero-order chi connectivity index (χ0) is 24.2. The molecule has 1 fully saturated rings. The molecule has 0 aliphatic carbocycles. The van der Waals surface area contributed by atoms with E-state index in [0.29, 0.717) is 30.0 Å². The highest BCUT2D eigenvalue weighted by atomic mass is 32.2. The number of nitrogens with one attached hydrogen (secondary N) is 1. The molecule has 0 saturated carbocycles. The van der Waals surface area contributed by atoms with Crippen LogP contribution in [0.25, 0.3) is 0 Å². The quantitative estimate of drug-likeness (QED) is 0.550. The SMILES string of the molecule is CCN(CC)S(=O)(=O)c1ccc(N2CCCC2)c(C(=O)Nc2cccc(CS(N)(=O)=O)c2)c1. The Morgan fingerprint density at radius 1 is 1.03 bits per heavy atom. The summed E-state index contributed by atoms with van der Waals surface area (Å²) in [4.78, 5) is 15.4. The Balaban J connectivity index is 1.99. The molecule has 0 aromatic heterocycles. The summed E-state index contributed by atoms with van der Waals surface area (Å²) in [6.07, 6.45) is 1.99. The number of amides is 1. The van der Waals surface area contributed by atoms with Crippen molar-refractivity contribution in [1.82, 2.24) is 4.31 Å². The van der Waals surface area contributed by atoms with Crippen molar-refractivity contribution in [3.05, 3.63) is 53.6 Å². The first-order chi connectivity index (χ1) is 15.5. The summed E-state index contributed by atoms with van der Waals surface area (Å²) in [6, 6.07) is 11.1. The normalized spacial score (nSPS) is 14.6. The van der Waals surface area contributed by atoms with Gasteiger partial charge in [-0.2, -0.15) is 4.31 Å². The molecule has 3 N–H and O–H groups in total. The summed E-state index contributed by atoms with van der Waals surface area (Å²) >= 11 is 0. The van der Waals surface area contributed by atoms with Crippen molar-refractivity contribution in [2.24, 2.45) is 5.14 Å². The third-order valence-electron chi connectivity index (χ3n) is 5.56. The molecule has 0 unspecified atom stereocenters. The van der Waals surface area contributed by atoms with E-state index in [2.05, 4.69) is 10.2 Å². The lowest BCUT2D eigenvalue weighted by atomic mass is 10.1. The minimum Gasteiger partial charge on any atom is -0.371 e. The molecule has 33 heavy (non-hydrogen) atoms. The van der Waals surface area contributed by atoms with Gasteiger partial charge in [-0.3, -0.25) is 4.79 Å². The van der Waals surface area contributed by atoms with Gasteiger partial charge in [0.05, 0.1) is 16.2 Å². The van der Waals surface area contributed by atoms with Crippen LogP contribution in [0.5, 0.6) is 0 Å². The van der Waals surface area contributed by atoms with Crippen molar-refractivity contribution < 1.29 is 21.6 Å². The fourth-order valence-corrected chi connectivity index (χ4v) is 6.10. The largest absolute Gasteiger partial charge is 0.371 e. The average Bonchev–Trinajstić information content (AvgIpc) is 3.27. The predicted octanol–water partition coefficient (Wildman–Crippen LogP) is 2.36. The summed E-state index contributed by atoms with van der Waals surface area (Å²) < 4.78 is 50.3. The molecule has 3 rings (SSSR count). The van der Waals surface area contributed by atoms with E-state index in [-0.39, 0.29) is 16.2 Å². The van der Waals surface area contributed by atoms with Crippen molar-refractivity contribution in [2.45, 2.75) is 37.3 Å². The van der Waals surface area contributed by atoms with E-state index in [0.717, 1.165) is 25.9 Å². The molecule has 0 radical (unpaired) electrons. The first-order valence-electron chi connectivity index (χ1n) is 10.8. The highest BCUT2D eigenvalue weighted by Crippen LogP contribution is 2.29. The van der Waals surface area contributed by atoms with Crippen LogP contribution in [0.2, 0.25) is 0 Å². The summed E-state index contributed by atoms with van der Waals surface area (Å²) in [6.45, 7) is 5.75. The van der Waals surface area contributed by atoms with E-state index < -0.39 is 26.0 Å². The second-order valence-electron chi connectivity index (χ2n) is 7.92. The van der Waals surface area contributed by atoms with Crippen LogP contribution in [0.1, 0.15) is 42.6 Å². The third-order valence-corrected chi connectivity index (χ3v) is 8.34. The summed E-state index contributed by atoms with van der Waals surface area (Å²) in [7, 11) is -7.46. The second-order valence-corrected chi connectivity index (χ2v) is 11.5. The maximum atomic E-state index is 13.3. The topological polar surface area (TPSA) is 130 Å². The highest BCUT2D eigenvalue weighted by molar-refractivity contribution is 7.89. The van der Waals surface area contributed by atoms with Crippen LogP contribution < -0.4 is 15.4 Å². The first-order valence-corrected chi connectivity index (χ1v) is 14.0. The number of sulfonamides is 2. The van der Waals surface area contributed by atoms with E-state index in [1.54, 1.807) is 44.2 Å². The van der Waals surface area contributed by atoms with Gasteiger partial charge in [-0.15, -0.1) is 0 Å². The molecule has 1 aliphatic heterocycles. The minimum absolute atomic E-state index is 0.0577. The summed E-state index contributed by atoms with van der Waals surface area (Å²) in [5, 5.41) is 7.90. The van der Waals surface area contributed by atoms with E-state index in [1.165, 1.54) is 16.4 Å². The number of primary sulfonamides is 1. The van der Waals surface area contributed by atoms with Crippen LogP contribution >= 0.6 is 0 Å².